The van der Waals surface area contributed by atoms with Crippen LogP contribution in [-0.4, -0.2) is 19.1 Å². The van der Waals surface area contributed by atoms with E-state index in [0.717, 1.165) is 56.5 Å². The van der Waals surface area contributed by atoms with Crippen LogP contribution in [0.15, 0.2) is 116 Å². The quantitative estimate of drug-likeness (QED) is 0.124. The van der Waals surface area contributed by atoms with Crippen LogP contribution >= 0.6 is 0 Å². The van der Waals surface area contributed by atoms with Crippen molar-refractivity contribution in [3.63, 3.8) is 0 Å². The van der Waals surface area contributed by atoms with Crippen molar-refractivity contribution in [2.24, 2.45) is 5.41 Å². The second-order valence-electron chi connectivity index (χ2n) is 15.1. The summed E-state index contributed by atoms with van der Waals surface area (Å²) in [6, 6.07) is 40.7. The van der Waals surface area contributed by atoms with Crippen molar-refractivity contribution in [1.29, 1.82) is 0 Å². The second kappa shape index (κ2) is 13.2. The average molecular weight is 849 g/mol. The zero-order valence-electron chi connectivity index (χ0n) is 29.6. The van der Waals surface area contributed by atoms with Crippen LogP contribution < -0.4 is 9.30 Å². The Hall–Kier alpha value is -5.06. The first-order valence-electron chi connectivity index (χ1n) is 17.0. The normalized spacial score (nSPS) is 12.0. The standard InChI is InChI=1S/C44H39N5O.Pt/c1-43(2,3)26-30-12-11-13-32(22-30)47-29-48(40-17-10-9-16-39(40)47)33-24-35(28-45-27-33)50-34-18-19-37-36-14-7-8-15-38(36)49(41(37)25-34)42-23-31(20-21-46-42)44(4,5)6;/h7-23,27-28H,26H2,1-6H3;/q-2;. The Morgan fingerprint density at radius 2 is 1.53 bits per heavy atom. The Morgan fingerprint density at radius 3 is 2.33 bits per heavy atom. The third kappa shape index (κ3) is 6.73. The van der Waals surface area contributed by atoms with Crippen molar-refractivity contribution in [1.82, 2.24) is 19.1 Å². The number of nitrogens with zero attached hydrogens (tertiary/aromatic N) is 5. The largest absolute Gasteiger partial charge is 0.508 e. The first kappa shape index (κ1) is 34.4. The van der Waals surface area contributed by atoms with Gasteiger partial charge in [-0.15, -0.1) is 23.6 Å². The van der Waals surface area contributed by atoms with Crippen molar-refractivity contribution >= 4 is 32.8 Å². The van der Waals surface area contributed by atoms with Crippen LogP contribution in [0.4, 0.5) is 0 Å². The van der Waals surface area contributed by atoms with Gasteiger partial charge in [-0.25, -0.2) is 4.98 Å². The van der Waals surface area contributed by atoms with Gasteiger partial charge in [-0.2, -0.15) is 6.07 Å². The summed E-state index contributed by atoms with van der Waals surface area (Å²) in [5.74, 6) is 1.90. The molecule has 51 heavy (non-hydrogen) atoms. The minimum absolute atomic E-state index is 0. The van der Waals surface area contributed by atoms with Crippen molar-refractivity contribution < 1.29 is 30.4 Å². The average Bonchev–Trinajstić information content (AvgIpc) is 3.64. The van der Waals surface area contributed by atoms with E-state index in [2.05, 4.69) is 159 Å². The summed E-state index contributed by atoms with van der Waals surface area (Å²) < 4.78 is 12.7. The Morgan fingerprint density at radius 1 is 0.745 bits per heavy atom. The molecule has 0 radical (unpaired) electrons. The molecule has 0 amide bonds. The fourth-order valence-electron chi connectivity index (χ4n) is 6.68. The number of fused-ring (bicyclic) bond motifs is 4. The van der Waals surface area contributed by atoms with Crippen LogP contribution in [-0.2, 0) is 32.9 Å². The SMILES string of the molecule is CC(C)(C)Cc1cccc(-[n+]2[c-]n(-c3[c-]c(Oc4[c-]c5c(cc4)c4ccccc4n5-c4cc(C(C)(C)C)ccn4)cnc3)c3ccccc32)c1.[Pt]. The molecule has 4 aromatic heterocycles. The molecule has 4 aromatic carbocycles. The van der Waals surface area contributed by atoms with Crippen molar-refractivity contribution in [3.05, 3.63) is 145 Å². The molecule has 7 heteroatoms. The summed E-state index contributed by atoms with van der Waals surface area (Å²) in [6.45, 7) is 13.4. The predicted octanol–water partition coefficient (Wildman–Crippen LogP) is 9.87. The zero-order chi connectivity index (χ0) is 34.6. The van der Waals surface area contributed by atoms with E-state index in [1.807, 2.05) is 22.9 Å². The number of imidazole rings is 1. The van der Waals surface area contributed by atoms with Gasteiger partial charge >= 0.3 is 0 Å². The third-order valence-corrected chi connectivity index (χ3v) is 8.96. The molecule has 0 N–H and O–H groups in total. The van der Waals surface area contributed by atoms with E-state index in [1.165, 1.54) is 11.1 Å². The van der Waals surface area contributed by atoms with Gasteiger partial charge in [0.2, 0.25) is 0 Å². The van der Waals surface area contributed by atoms with E-state index in [0.29, 0.717) is 11.5 Å². The van der Waals surface area contributed by atoms with Gasteiger partial charge in [0.15, 0.2) is 0 Å². The summed E-state index contributed by atoms with van der Waals surface area (Å²) in [5, 5.41) is 2.21. The van der Waals surface area contributed by atoms with Crippen molar-refractivity contribution in [2.75, 3.05) is 0 Å². The number of para-hydroxylation sites is 3. The molecule has 0 aliphatic rings. The Kier molecular flexibility index (Phi) is 8.93. The van der Waals surface area contributed by atoms with Crippen LogP contribution in [0.3, 0.4) is 0 Å². The van der Waals surface area contributed by atoms with Gasteiger partial charge in [0.1, 0.15) is 5.82 Å². The summed E-state index contributed by atoms with van der Waals surface area (Å²) in [7, 11) is 0. The Balaban J connectivity index is 0.00000406. The molecule has 0 saturated carbocycles. The number of pyridine rings is 2. The van der Waals surface area contributed by atoms with Crippen LogP contribution in [0.5, 0.6) is 11.5 Å². The molecule has 0 bridgehead atoms. The minimum Gasteiger partial charge on any atom is -0.508 e. The van der Waals surface area contributed by atoms with Crippen LogP contribution in [0.1, 0.15) is 52.7 Å². The Labute approximate surface area is 313 Å². The molecule has 0 aliphatic carbocycles. The third-order valence-electron chi connectivity index (χ3n) is 8.96. The molecule has 8 rings (SSSR count). The van der Waals surface area contributed by atoms with Crippen LogP contribution in [0.25, 0.3) is 50.0 Å². The van der Waals surface area contributed by atoms with E-state index in [-0.39, 0.29) is 31.9 Å². The minimum atomic E-state index is -0.0136. The summed E-state index contributed by atoms with van der Waals surface area (Å²) in [6.07, 6.45) is 9.91. The molecule has 4 heterocycles. The summed E-state index contributed by atoms with van der Waals surface area (Å²) >= 11 is 0. The van der Waals surface area contributed by atoms with Crippen molar-refractivity contribution in [2.45, 2.75) is 53.4 Å². The number of ether oxygens (including phenoxy) is 1. The van der Waals surface area contributed by atoms with E-state index >= 15 is 0 Å². The number of benzene rings is 4. The van der Waals surface area contributed by atoms with Gasteiger partial charge in [-0.3, -0.25) is 4.57 Å². The Bertz CT molecular complexity index is 2530. The molecular formula is C44H39N5OPt-2. The van der Waals surface area contributed by atoms with Gasteiger partial charge in [0.25, 0.3) is 6.33 Å². The monoisotopic (exact) mass is 848 g/mol. The first-order valence-corrected chi connectivity index (χ1v) is 17.0. The maximum Gasteiger partial charge on any atom is 0.268 e. The smallest absolute Gasteiger partial charge is 0.268 e. The van der Waals surface area contributed by atoms with Crippen LogP contribution in [0.2, 0.25) is 0 Å². The predicted molar refractivity (Wildman–Crippen MR) is 200 cm³/mol. The number of rotatable bonds is 6. The first-order chi connectivity index (χ1) is 24.0. The van der Waals surface area contributed by atoms with Gasteiger partial charge in [0.05, 0.1) is 16.7 Å². The number of hydrogen-bond donors (Lipinski definition) is 0. The van der Waals surface area contributed by atoms with E-state index < -0.39 is 0 Å². The van der Waals surface area contributed by atoms with Gasteiger partial charge in [-0.05, 0) is 70.4 Å². The zero-order valence-corrected chi connectivity index (χ0v) is 31.9. The molecule has 0 atom stereocenters. The molecule has 6 nitrogen and oxygen atoms in total. The molecule has 0 fully saturated rings. The fourth-order valence-corrected chi connectivity index (χ4v) is 6.68. The number of aromatic nitrogens is 5. The van der Waals surface area contributed by atoms with E-state index in [4.69, 9.17) is 9.72 Å². The van der Waals surface area contributed by atoms with E-state index in [9.17, 15) is 0 Å². The topological polar surface area (TPSA) is 48.8 Å². The molecule has 0 unspecified atom stereocenters. The molecular weight excluding hydrogens is 810 g/mol. The van der Waals surface area contributed by atoms with Gasteiger partial charge in [-0.1, -0.05) is 113 Å². The molecule has 0 aliphatic heterocycles. The maximum atomic E-state index is 6.44. The van der Waals surface area contributed by atoms with Gasteiger partial charge < -0.3 is 18.9 Å². The van der Waals surface area contributed by atoms with Gasteiger partial charge in [0, 0.05) is 44.3 Å². The second-order valence-corrected chi connectivity index (χ2v) is 15.1. The number of hydrogen-bond acceptors (Lipinski definition) is 3. The molecule has 0 saturated heterocycles. The fraction of sp³-hybridized carbons (Fsp3) is 0.205. The summed E-state index contributed by atoms with van der Waals surface area (Å²) in [4.78, 5) is 9.36. The van der Waals surface area contributed by atoms with Crippen LogP contribution in [0, 0.1) is 23.9 Å². The summed E-state index contributed by atoms with van der Waals surface area (Å²) in [5.41, 5.74) is 8.46. The van der Waals surface area contributed by atoms with E-state index in [1.54, 1.807) is 12.4 Å². The molecule has 8 aromatic rings. The molecule has 0 spiro atoms. The van der Waals surface area contributed by atoms with Crippen molar-refractivity contribution in [3.8, 4) is 28.7 Å². The maximum absolute atomic E-state index is 6.44. The molecule has 258 valence electrons.